The third-order valence-corrected chi connectivity index (χ3v) is 3.89. The molecule has 0 saturated carbocycles. The maximum atomic E-state index is 6.20. The van der Waals surface area contributed by atoms with Crippen molar-refractivity contribution in [2.75, 3.05) is 14.1 Å². The van der Waals surface area contributed by atoms with Crippen LogP contribution in [0.3, 0.4) is 0 Å². The van der Waals surface area contributed by atoms with Gasteiger partial charge in [0.2, 0.25) is 0 Å². The van der Waals surface area contributed by atoms with E-state index in [-0.39, 0.29) is 0 Å². The van der Waals surface area contributed by atoms with Gasteiger partial charge in [0, 0.05) is 32.7 Å². The first kappa shape index (κ1) is 16.3. The minimum atomic E-state index is 0.566. The molecular weight excluding hydrogens is 300 g/mol. The van der Waals surface area contributed by atoms with Crippen LogP contribution in [-0.2, 0) is 20.1 Å². The van der Waals surface area contributed by atoms with Crippen LogP contribution in [0.25, 0.3) is 0 Å². The van der Waals surface area contributed by atoms with Crippen LogP contribution in [0.5, 0.6) is 0 Å². The fraction of sp³-hybridized carbons (Fsp3) is 0.400. The molecule has 0 saturated heterocycles. The van der Waals surface area contributed by atoms with Crippen molar-refractivity contribution in [1.82, 2.24) is 25.0 Å². The van der Waals surface area contributed by atoms with Gasteiger partial charge < -0.3 is 14.8 Å². The number of rotatable bonds is 4. The van der Waals surface area contributed by atoms with E-state index in [1.807, 2.05) is 54.8 Å². The van der Waals surface area contributed by atoms with E-state index in [4.69, 9.17) is 11.6 Å². The average Bonchev–Trinajstić information content (AvgIpc) is 2.82. The third-order valence-electron chi connectivity index (χ3n) is 3.53. The second-order valence-corrected chi connectivity index (χ2v) is 5.48. The highest BCUT2D eigenvalue weighted by Gasteiger charge is 2.10. The summed E-state index contributed by atoms with van der Waals surface area (Å²) in [5, 5.41) is 12.2. The molecule has 7 heteroatoms. The third kappa shape index (κ3) is 3.76. The van der Waals surface area contributed by atoms with Crippen molar-refractivity contribution in [1.29, 1.82) is 0 Å². The molecule has 6 nitrogen and oxygen atoms in total. The van der Waals surface area contributed by atoms with Crippen LogP contribution in [0, 0.1) is 6.92 Å². The Balaban J connectivity index is 1.99. The molecule has 0 aliphatic carbocycles. The summed E-state index contributed by atoms with van der Waals surface area (Å²) in [4.78, 5) is 6.31. The van der Waals surface area contributed by atoms with Gasteiger partial charge in [-0.15, -0.1) is 10.2 Å². The van der Waals surface area contributed by atoms with Gasteiger partial charge >= 0.3 is 0 Å². The molecule has 0 aliphatic rings. The lowest BCUT2D eigenvalue weighted by Gasteiger charge is -2.22. The number of aryl methyl sites for hydroxylation is 1. The lowest BCUT2D eigenvalue weighted by Crippen LogP contribution is -2.38. The Hall–Kier alpha value is -2.08. The van der Waals surface area contributed by atoms with Gasteiger partial charge in [0.25, 0.3) is 0 Å². The van der Waals surface area contributed by atoms with Crippen molar-refractivity contribution in [3.8, 4) is 0 Å². The van der Waals surface area contributed by atoms with Crippen molar-refractivity contribution >= 4 is 17.6 Å². The quantitative estimate of drug-likeness (QED) is 0.691. The Labute approximate surface area is 135 Å². The van der Waals surface area contributed by atoms with E-state index in [0.717, 1.165) is 28.2 Å². The molecule has 1 N–H and O–H groups in total. The number of hydrogen-bond acceptors (Lipinski definition) is 3. The summed E-state index contributed by atoms with van der Waals surface area (Å²) in [5.74, 6) is 2.53. The van der Waals surface area contributed by atoms with Crippen molar-refractivity contribution in [2.24, 2.45) is 12.0 Å². The normalized spacial score (nSPS) is 11.6. The molecule has 1 heterocycles. The van der Waals surface area contributed by atoms with Gasteiger partial charge in [0.05, 0.1) is 6.54 Å². The van der Waals surface area contributed by atoms with Crippen molar-refractivity contribution in [3.05, 3.63) is 46.5 Å². The first-order chi connectivity index (χ1) is 10.5. The van der Waals surface area contributed by atoms with Crippen LogP contribution in [-0.4, -0.2) is 39.7 Å². The molecule has 0 amide bonds. The summed E-state index contributed by atoms with van der Waals surface area (Å²) >= 11 is 6.20. The number of nitrogens with one attached hydrogen (secondary N) is 1. The fourth-order valence-electron chi connectivity index (χ4n) is 2.10. The standard InChI is InChI=1S/C15H21ClN6/c1-11-19-20-14(22(11)4)9-18-15(17-2)21(3)10-12-7-5-6-8-13(12)16/h5-8H,9-10H2,1-4H3,(H,17,18). The zero-order valence-electron chi connectivity index (χ0n) is 13.3. The number of nitrogens with zero attached hydrogens (tertiary/aromatic N) is 5. The maximum absolute atomic E-state index is 6.20. The Bertz CT molecular complexity index is 664. The molecule has 0 spiro atoms. The Morgan fingerprint density at radius 3 is 2.68 bits per heavy atom. The summed E-state index contributed by atoms with van der Waals surface area (Å²) in [6.45, 7) is 3.17. The van der Waals surface area contributed by atoms with Crippen LogP contribution in [0.15, 0.2) is 29.3 Å². The topological polar surface area (TPSA) is 58.3 Å². The molecular formula is C15H21ClN6. The predicted molar refractivity (Wildman–Crippen MR) is 88.9 cm³/mol. The molecule has 0 atom stereocenters. The SMILES string of the molecule is CN=C(NCc1nnc(C)n1C)N(C)Cc1ccccc1Cl. The van der Waals surface area contributed by atoms with Crippen LogP contribution < -0.4 is 5.32 Å². The number of hydrogen-bond donors (Lipinski definition) is 1. The van der Waals surface area contributed by atoms with Crippen molar-refractivity contribution in [2.45, 2.75) is 20.0 Å². The lowest BCUT2D eigenvalue weighted by molar-refractivity contribution is 0.474. The molecule has 2 rings (SSSR count). The first-order valence-electron chi connectivity index (χ1n) is 7.03. The summed E-state index contributed by atoms with van der Waals surface area (Å²) in [7, 11) is 5.68. The second kappa shape index (κ2) is 7.26. The number of guanidine groups is 1. The highest BCUT2D eigenvalue weighted by molar-refractivity contribution is 6.31. The summed E-state index contributed by atoms with van der Waals surface area (Å²) < 4.78 is 1.95. The number of aromatic nitrogens is 3. The van der Waals surface area contributed by atoms with E-state index in [0.29, 0.717) is 13.1 Å². The Morgan fingerprint density at radius 2 is 2.09 bits per heavy atom. The number of aliphatic imine (C=N–C) groups is 1. The molecule has 0 radical (unpaired) electrons. The van der Waals surface area contributed by atoms with Gasteiger partial charge in [0.1, 0.15) is 5.82 Å². The largest absolute Gasteiger partial charge is 0.349 e. The highest BCUT2D eigenvalue weighted by Crippen LogP contribution is 2.16. The number of benzene rings is 1. The molecule has 0 fully saturated rings. The average molecular weight is 321 g/mol. The molecule has 22 heavy (non-hydrogen) atoms. The molecule has 0 aliphatic heterocycles. The van der Waals surface area contributed by atoms with Crippen LogP contribution in [0.4, 0.5) is 0 Å². The lowest BCUT2D eigenvalue weighted by atomic mass is 10.2. The minimum absolute atomic E-state index is 0.566. The molecule has 0 unspecified atom stereocenters. The van der Waals surface area contributed by atoms with E-state index < -0.39 is 0 Å². The van der Waals surface area contributed by atoms with Gasteiger partial charge in [-0.3, -0.25) is 4.99 Å². The molecule has 0 bridgehead atoms. The summed E-state index contributed by atoms with van der Waals surface area (Å²) in [6, 6.07) is 7.81. The van der Waals surface area contributed by atoms with E-state index >= 15 is 0 Å². The van der Waals surface area contributed by atoms with Crippen LogP contribution in [0.1, 0.15) is 17.2 Å². The van der Waals surface area contributed by atoms with Crippen molar-refractivity contribution in [3.63, 3.8) is 0 Å². The van der Waals surface area contributed by atoms with Crippen molar-refractivity contribution < 1.29 is 0 Å². The van der Waals surface area contributed by atoms with Crippen LogP contribution >= 0.6 is 11.6 Å². The smallest absolute Gasteiger partial charge is 0.194 e. The molecule has 1 aromatic carbocycles. The maximum Gasteiger partial charge on any atom is 0.194 e. The van der Waals surface area contributed by atoms with E-state index in [1.54, 1.807) is 7.05 Å². The highest BCUT2D eigenvalue weighted by atomic mass is 35.5. The Morgan fingerprint density at radius 1 is 1.36 bits per heavy atom. The second-order valence-electron chi connectivity index (χ2n) is 5.07. The molecule has 118 valence electrons. The van der Waals surface area contributed by atoms with Crippen LogP contribution in [0.2, 0.25) is 5.02 Å². The monoisotopic (exact) mass is 320 g/mol. The van der Waals surface area contributed by atoms with Gasteiger partial charge in [-0.25, -0.2) is 0 Å². The zero-order chi connectivity index (χ0) is 16.1. The van der Waals surface area contributed by atoms with E-state index in [2.05, 4.69) is 20.5 Å². The van der Waals surface area contributed by atoms with Gasteiger partial charge in [-0.05, 0) is 18.6 Å². The first-order valence-corrected chi connectivity index (χ1v) is 7.40. The van der Waals surface area contributed by atoms with E-state index in [9.17, 15) is 0 Å². The predicted octanol–water partition coefficient (Wildman–Crippen LogP) is 1.98. The van der Waals surface area contributed by atoms with E-state index in [1.165, 1.54) is 0 Å². The van der Waals surface area contributed by atoms with Gasteiger partial charge in [0.15, 0.2) is 11.8 Å². The van der Waals surface area contributed by atoms with Gasteiger partial charge in [-0.2, -0.15) is 0 Å². The molecule has 2 aromatic rings. The summed E-state index contributed by atoms with van der Waals surface area (Å²) in [5.41, 5.74) is 1.06. The fourth-order valence-corrected chi connectivity index (χ4v) is 2.30. The summed E-state index contributed by atoms with van der Waals surface area (Å²) in [6.07, 6.45) is 0. The minimum Gasteiger partial charge on any atom is -0.349 e. The zero-order valence-corrected chi connectivity index (χ0v) is 14.1. The Kier molecular flexibility index (Phi) is 5.38. The molecule has 1 aromatic heterocycles. The number of halogens is 1. The van der Waals surface area contributed by atoms with Gasteiger partial charge in [-0.1, -0.05) is 29.8 Å².